The van der Waals surface area contributed by atoms with Crippen molar-refractivity contribution < 1.29 is 0 Å². The molecule has 0 spiro atoms. The van der Waals surface area contributed by atoms with Crippen molar-refractivity contribution in [1.29, 1.82) is 0 Å². The summed E-state index contributed by atoms with van der Waals surface area (Å²) in [5, 5.41) is 0. The molecule has 0 aliphatic heterocycles. The van der Waals surface area contributed by atoms with E-state index < -0.39 is 0 Å². The zero-order valence-electron chi connectivity index (χ0n) is 6.24. The molecular weight excluding hydrogens is 96.1 g/mol. The third-order valence-electron chi connectivity index (χ3n) is 1.000. The summed E-state index contributed by atoms with van der Waals surface area (Å²) in [5.41, 5.74) is 0. The summed E-state index contributed by atoms with van der Waals surface area (Å²) in [4.78, 5) is 0. The Bertz CT molecular complexity index is 15.2. The molecule has 1 saturated carbocycles. The van der Waals surface area contributed by atoms with E-state index in [4.69, 9.17) is 0 Å². The van der Waals surface area contributed by atoms with Gasteiger partial charge < -0.3 is 0 Å². The van der Waals surface area contributed by atoms with E-state index in [2.05, 4.69) is 13.2 Å². The molecule has 0 aromatic heterocycles. The summed E-state index contributed by atoms with van der Waals surface area (Å²) < 4.78 is 0. The molecule has 8 heavy (non-hydrogen) atoms. The lowest BCUT2D eigenvalue weighted by Crippen LogP contribution is -1.85. The Hall–Kier alpha value is -0.260. The highest BCUT2D eigenvalue weighted by atomic mass is 14.0. The van der Waals surface area contributed by atoms with Crippen LogP contribution in [-0.4, -0.2) is 0 Å². The number of rotatable bonds is 0. The van der Waals surface area contributed by atoms with Crippen molar-refractivity contribution in [2.45, 2.75) is 39.5 Å². The normalized spacial score (nSPS) is 13.2. The van der Waals surface area contributed by atoms with E-state index in [9.17, 15) is 0 Å². The molecule has 0 atom stereocenters. The zero-order valence-corrected chi connectivity index (χ0v) is 6.24. The molecule has 0 saturated heterocycles. The summed E-state index contributed by atoms with van der Waals surface area (Å²) in [7, 11) is 0. The van der Waals surface area contributed by atoms with E-state index in [0.29, 0.717) is 0 Å². The summed E-state index contributed by atoms with van der Waals surface area (Å²) >= 11 is 0. The fourth-order valence-electron chi connectivity index (χ4n) is 0.250. The van der Waals surface area contributed by atoms with E-state index in [0.717, 1.165) is 0 Å². The highest BCUT2D eigenvalue weighted by Gasteiger charge is 1.95. The Morgan fingerprint density at radius 2 is 0.875 bits per heavy atom. The van der Waals surface area contributed by atoms with Gasteiger partial charge in [0.25, 0.3) is 0 Å². The van der Waals surface area contributed by atoms with E-state index in [1.807, 2.05) is 13.8 Å². The van der Waals surface area contributed by atoms with Gasteiger partial charge in [0.15, 0.2) is 0 Å². The van der Waals surface area contributed by atoms with Crippen molar-refractivity contribution in [3.05, 3.63) is 13.2 Å². The molecule has 1 aliphatic carbocycles. The van der Waals surface area contributed by atoms with Gasteiger partial charge in [-0.25, -0.2) is 0 Å². The maximum Gasteiger partial charge on any atom is -0.0533 e. The van der Waals surface area contributed by atoms with Crippen LogP contribution in [0.5, 0.6) is 0 Å². The highest BCUT2D eigenvalue weighted by Crippen LogP contribution is 2.15. The van der Waals surface area contributed by atoms with E-state index in [1.165, 1.54) is 25.7 Å². The second-order valence-corrected chi connectivity index (χ2v) is 1.41. The molecule has 1 aliphatic rings. The lowest BCUT2D eigenvalue weighted by atomic mass is 10.0. The van der Waals surface area contributed by atoms with Crippen LogP contribution in [0.25, 0.3) is 0 Å². The summed E-state index contributed by atoms with van der Waals surface area (Å²) in [5.74, 6) is 0. The molecule has 0 radical (unpaired) electrons. The van der Waals surface area contributed by atoms with Gasteiger partial charge in [-0.15, -0.1) is 13.2 Å². The first-order valence-corrected chi connectivity index (χ1v) is 3.50. The molecule has 0 bridgehead atoms. The van der Waals surface area contributed by atoms with E-state index in [-0.39, 0.29) is 0 Å². The Morgan fingerprint density at radius 1 is 0.750 bits per heavy atom. The van der Waals surface area contributed by atoms with Gasteiger partial charge in [0.1, 0.15) is 0 Å². The lowest BCUT2D eigenvalue weighted by Gasteiger charge is -2.05. The van der Waals surface area contributed by atoms with Gasteiger partial charge in [0.2, 0.25) is 0 Å². The van der Waals surface area contributed by atoms with Gasteiger partial charge in [0, 0.05) is 0 Å². The van der Waals surface area contributed by atoms with Crippen molar-refractivity contribution in [2.24, 2.45) is 0 Å². The maximum atomic E-state index is 3.00. The molecule has 0 amide bonds. The monoisotopic (exact) mass is 114 g/mol. The van der Waals surface area contributed by atoms with Crippen LogP contribution in [0.4, 0.5) is 0 Å². The van der Waals surface area contributed by atoms with E-state index >= 15 is 0 Å². The fraction of sp³-hybridized carbons (Fsp3) is 0.750. The molecule has 1 rings (SSSR count). The predicted molar refractivity (Wildman–Crippen MR) is 41.1 cm³/mol. The van der Waals surface area contributed by atoms with E-state index in [1.54, 1.807) is 0 Å². The molecule has 0 aromatic rings. The number of hydrogen-bond acceptors (Lipinski definition) is 0. The molecule has 0 nitrogen and oxygen atoms in total. The van der Waals surface area contributed by atoms with Gasteiger partial charge in [-0.2, -0.15) is 0 Å². The summed E-state index contributed by atoms with van der Waals surface area (Å²) in [6, 6.07) is 0. The average molecular weight is 114 g/mol. The molecule has 0 heteroatoms. The predicted octanol–water partition coefficient (Wildman–Crippen LogP) is 3.39. The van der Waals surface area contributed by atoms with Crippen LogP contribution in [0.3, 0.4) is 0 Å². The third-order valence-corrected chi connectivity index (χ3v) is 1.000. The molecule has 0 heterocycles. The highest BCUT2D eigenvalue weighted by molar-refractivity contribution is 4.50. The minimum atomic E-state index is 1.50. The minimum absolute atomic E-state index is 1.50. The zero-order chi connectivity index (χ0) is 6.83. The first-order valence-electron chi connectivity index (χ1n) is 3.50. The van der Waals surface area contributed by atoms with Crippen LogP contribution < -0.4 is 0 Å². The smallest absolute Gasteiger partial charge is 0.0533 e. The van der Waals surface area contributed by atoms with Gasteiger partial charge in [-0.05, 0) is 0 Å². The molecule has 0 N–H and O–H groups in total. The van der Waals surface area contributed by atoms with Crippen LogP contribution in [-0.2, 0) is 0 Å². The largest absolute Gasteiger partial charge is 0.106 e. The molecule has 0 unspecified atom stereocenters. The van der Waals surface area contributed by atoms with Gasteiger partial charge in [-0.3, -0.25) is 0 Å². The average Bonchev–Trinajstić information content (AvgIpc) is 1.72. The molecule has 1 fully saturated rings. The fourth-order valence-corrected chi connectivity index (χ4v) is 0.250. The van der Waals surface area contributed by atoms with Crippen LogP contribution in [0.15, 0.2) is 13.2 Å². The van der Waals surface area contributed by atoms with Crippen molar-refractivity contribution in [1.82, 2.24) is 0 Å². The Labute approximate surface area is 53.6 Å². The van der Waals surface area contributed by atoms with Crippen LogP contribution in [0.1, 0.15) is 39.5 Å². The second kappa shape index (κ2) is 15.9. The number of hydrogen-bond donors (Lipinski definition) is 0. The van der Waals surface area contributed by atoms with Crippen molar-refractivity contribution in [3.63, 3.8) is 0 Å². The standard InChI is InChI=1S/C4H8.C2H6.C2H4/c1-2-4-3-1;2*1-2/h1-4H2;1-2H3;1-2H2. The molecular formula is C8H18. The first-order chi connectivity index (χ1) is 4.00. The van der Waals surface area contributed by atoms with Crippen molar-refractivity contribution in [3.8, 4) is 0 Å². The quantitative estimate of drug-likeness (QED) is 0.423. The molecule has 50 valence electrons. The van der Waals surface area contributed by atoms with Crippen molar-refractivity contribution in [2.75, 3.05) is 0 Å². The van der Waals surface area contributed by atoms with Gasteiger partial charge >= 0.3 is 0 Å². The third kappa shape index (κ3) is 9.22. The van der Waals surface area contributed by atoms with Gasteiger partial charge in [-0.1, -0.05) is 39.5 Å². The van der Waals surface area contributed by atoms with Crippen molar-refractivity contribution >= 4 is 0 Å². The first kappa shape index (κ1) is 10.7. The Morgan fingerprint density at radius 3 is 0.875 bits per heavy atom. The summed E-state index contributed by atoms with van der Waals surface area (Å²) in [6.45, 7) is 10.0. The Balaban J connectivity index is 0. The molecule has 0 aromatic carbocycles. The maximum absolute atomic E-state index is 3.00. The lowest BCUT2D eigenvalue weighted by molar-refractivity contribution is 0.504. The topological polar surface area (TPSA) is 0 Å². The second-order valence-electron chi connectivity index (χ2n) is 1.41. The van der Waals surface area contributed by atoms with Crippen LogP contribution in [0.2, 0.25) is 0 Å². The minimum Gasteiger partial charge on any atom is -0.106 e. The van der Waals surface area contributed by atoms with Crippen LogP contribution >= 0.6 is 0 Å². The van der Waals surface area contributed by atoms with Gasteiger partial charge in [0.05, 0.1) is 0 Å². The summed E-state index contributed by atoms with van der Waals surface area (Å²) in [6.07, 6.45) is 6.00. The van der Waals surface area contributed by atoms with Crippen LogP contribution in [0, 0.1) is 0 Å². The SMILES string of the molecule is C1CCC1.C=C.CC. The Kier molecular flexibility index (Phi) is 21.2.